The van der Waals surface area contributed by atoms with Gasteiger partial charge in [-0.05, 0) is 25.8 Å². The van der Waals surface area contributed by atoms with Crippen molar-refractivity contribution in [2.45, 2.75) is 44.6 Å². The first-order valence-corrected chi connectivity index (χ1v) is 5.52. The van der Waals surface area contributed by atoms with E-state index >= 15 is 0 Å². The lowest BCUT2D eigenvalue weighted by Crippen LogP contribution is -2.41. The molecule has 80 valence electrons. The van der Waals surface area contributed by atoms with Gasteiger partial charge in [-0.2, -0.15) is 5.26 Å². The van der Waals surface area contributed by atoms with E-state index in [2.05, 4.69) is 17.9 Å². The van der Waals surface area contributed by atoms with Crippen LogP contribution in [0.1, 0.15) is 39.0 Å². The van der Waals surface area contributed by atoms with Gasteiger partial charge >= 0.3 is 0 Å². The summed E-state index contributed by atoms with van der Waals surface area (Å²) >= 11 is 0. The Bertz CT molecular complexity index is 204. The standard InChI is InChI=1S/C11H20N2O/c1-2-8-13(9-7-12)10-11(14)5-3-4-6-11/h14H,2-6,8-10H2,1H3. The summed E-state index contributed by atoms with van der Waals surface area (Å²) in [6.07, 6.45) is 5.10. The van der Waals surface area contributed by atoms with E-state index in [1.807, 2.05) is 0 Å². The summed E-state index contributed by atoms with van der Waals surface area (Å²) in [6, 6.07) is 2.16. The van der Waals surface area contributed by atoms with Crippen LogP contribution in [-0.4, -0.2) is 35.2 Å². The van der Waals surface area contributed by atoms with Gasteiger partial charge in [-0.3, -0.25) is 4.90 Å². The van der Waals surface area contributed by atoms with Gasteiger partial charge in [-0.15, -0.1) is 0 Å². The van der Waals surface area contributed by atoms with Crippen molar-refractivity contribution in [1.29, 1.82) is 5.26 Å². The van der Waals surface area contributed by atoms with Crippen LogP contribution in [0.2, 0.25) is 0 Å². The highest BCUT2D eigenvalue weighted by Gasteiger charge is 2.32. The highest BCUT2D eigenvalue weighted by atomic mass is 16.3. The molecule has 1 N–H and O–H groups in total. The van der Waals surface area contributed by atoms with Gasteiger partial charge in [0.05, 0.1) is 18.2 Å². The van der Waals surface area contributed by atoms with E-state index < -0.39 is 5.60 Å². The molecule has 3 nitrogen and oxygen atoms in total. The molecule has 0 amide bonds. The molecule has 14 heavy (non-hydrogen) atoms. The molecule has 0 bridgehead atoms. The van der Waals surface area contributed by atoms with Crippen molar-refractivity contribution in [3.8, 4) is 6.07 Å². The Balaban J connectivity index is 2.41. The average Bonchev–Trinajstić information content (AvgIpc) is 2.53. The fourth-order valence-electron chi connectivity index (χ4n) is 2.24. The Morgan fingerprint density at radius 3 is 2.57 bits per heavy atom. The van der Waals surface area contributed by atoms with Gasteiger partial charge in [0.15, 0.2) is 0 Å². The number of nitriles is 1. The zero-order chi connectivity index (χ0) is 10.4. The van der Waals surface area contributed by atoms with Crippen molar-refractivity contribution in [3.05, 3.63) is 0 Å². The Hall–Kier alpha value is -0.590. The maximum atomic E-state index is 10.2. The van der Waals surface area contributed by atoms with E-state index in [4.69, 9.17) is 5.26 Å². The fourth-order valence-corrected chi connectivity index (χ4v) is 2.24. The molecule has 0 radical (unpaired) electrons. The molecule has 1 rings (SSSR count). The maximum Gasteiger partial charge on any atom is 0.0866 e. The topological polar surface area (TPSA) is 47.3 Å². The molecule has 0 unspecified atom stereocenters. The lowest BCUT2D eigenvalue weighted by Gasteiger charge is -2.29. The van der Waals surface area contributed by atoms with Crippen LogP contribution in [-0.2, 0) is 0 Å². The number of nitrogens with zero attached hydrogens (tertiary/aromatic N) is 2. The third kappa shape index (κ3) is 3.28. The SMILES string of the molecule is CCCN(CC#N)CC1(O)CCCC1. The second-order valence-electron chi connectivity index (χ2n) is 4.30. The number of hydrogen-bond donors (Lipinski definition) is 1. The predicted molar refractivity (Wildman–Crippen MR) is 55.8 cm³/mol. The van der Waals surface area contributed by atoms with Gasteiger partial charge in [-0.25, -0.2) is 0 Å². The van der Waals surface area contributed by atoms with Crippen molar-refractivity contribution in [1.82, 2.24) is 4.90 Å². The van der Waals surface area contributed by atoms with Gasteiger partial charge in [0.1, 0.15) is 0 Å². The van der Waals surface area contributed by atoms with E-state index in [0.717, 1.165) is 38.6 Å². The highest BCUT2D eigenvalue weighted by Crippen LogP contribution is 2.30. The summed E-state index contributed by atoms with van der Waals surface area (Å²) < 4.78 is 0. The van der Waals surface area contributed by atoms with Crippen LogP contribution in [0.25, 0.3) is 0 Å². The number of hydrogen-bond acceptors (Lipinski definition) is 3. The average molecular weight is 196 g/mol. The molecule has 0 atom stereocenters. The molecule has 1 saturated carbocycles. The maximum absolute atomic E-state index is 10.2. The predicted octanol–water partition coefficient (Wildman–Crippen LogP) is 1.53. The number of rotatable bonds is 5. The second kappa shape index (κ2) is 5.33. The third-order valence-electron chi connectivity index (χ3n) is 2.89. The summed E-state index contributed by atoms with van der Waals surface area (Å²) in [4.78, 5) is 2.06. The quantitative estimate of drug-likeness (QED) is 0.678. The van der Waals surface area contributed by atoms with Crippen molar-refractivity contribution in [2.75, 3.05) is 19.6 Å². The lowest BCUT2D eigenvalue weighted by atomic mass is 10.0. The first kappa shape index (κ1) is 11.5. The van der Waals surface area contributed by atoms with Crippen LogP contribution in [0.3, 0.4) is 0 Å². The molecular formula is C11H20N2O. The molecule has 0 spiro atoms. The van der Waals surface area contributed by atoms with Crippen LogP contribution in [0.5, 0.6) is 0 Å². The molecule has 1 aliphatic carbocycles. The third-order valence-corrected chi connectivity index (χ3v) is 2.89. The van der Waals surface area contributed by atoms with Gasteiger partial charge in [0, 0.05) is 6.54 Å². The largest absolute Gasteiger partial charge is 0.389 e. The van der Waals surface area contributed by atoms with Gasteiger partial charge in [0.2, 0.25) is 0 Å². The molecule has 0 saturated heterocycles. The van der Waals surface area contributed by atoms with E-state index in [-0.39, 0.29) is 0 Å². The summed E-state index contributed by atoms with van der Waals surface area (Å²) in [7, 11) is 0. The summed E-state index contributed by atoms with van der Waals surface area (Å²) in [6.45, 7) is 4.13. The van der Waals surface area contributed by atoms with Gasteiger partial charge in [-0.1, -0.05) is 19.8 Å². The van der Waals surface area contributed by atoms with E-state index in [0.29, 0.717) is 13.1 Å². The zero-order valence-corrected chi connectivity index (χ0v) is 9.00. The van der Waals surface area contributed by atoms with Crippen LogP contribution in [0.4, 0.5) is 0 Å². The molecule has 0 aromatic heterocycles. The second-order valence-corrected chi connectivity index (χ2v) is 4.30. The Morgan fingerprint density at radius 1 is 1.43 bits per heavy atom. The normalized spacial score (nSPS) is 19.9. The van der Waals surface area contributed by atoms with Crippen molar-refractivity contribution < 1.29 is 5.11 Å². The fraction of sp³-hybridized carbons (Fsp3) is 0.909. The van der Waals surface area contributed by atoms with E-state index in [9.17, 15) is 5.11 Å². The van der Waals surface area contributed by atoms with Gasteiger partial charge < -0.3 is 5.11 Å². The first-order valence-electron chi connectivity index (χ1n) is 5.52. The zero-order valence-electron chi connectivity index (χ0n) is 9.00. The Morgan fingerprint density at radius 2 is 2.07 bits per heavy atom. The molecule has 3 heteroatoms. The van der Waals surface area contributed by atoms with Crippen molar-refractivity contribution >= 4 is 0 Å². The molecule has 0 aromatic carbocycles. The highest BCUT2D eigenvalue weighted by molar-refractivity contribution is 4.89. The molecule has 0 heterocycles. The van der Waals surface area contributed by atoms with Crippen LogP contribution >= 0.6 is 0 Å². The van der Waals surface area contributed by atoms with Crippen LogP contribution in [0, 0.1) is 11.3 Å². The molecule has 0 aromatic rings. The van der Waals surface area contributed by atoms with E-state index in [1.54, 1.807) is 0 Å². The molecular weight excluding hydrogens is 176 g/mol. The Labute approximate surface area is 86.3 Å². The monoisotopic (exact) mass is 196 g/mol. The molecule has 1 fully saturated rings. The number of aliphatic hydroxyl groups is 1. The van der Waals surface area contributed by atoms with E-state index in [1.165, 1.54) is 0 Å². The molecule has 0 aliphatic heterocycles. The summed E-state index contributed by atoms with van der Waals surface area (Å²) in [5.41, 5.74) is -0.508. The minimum Gasteiger partial charge on any atom is -0.389 e. The first-order chi connectivity index (χ1) is 6.70. The van der Waals surface area contributed by atoms with Gasteiger partial charge in [0.25, 0.3) is 0 Å². The lowest BCUT2D eigenvalue weighted by molar-refractivity contribution is 0.0129. The summed E-state index contributed by atoms with van der Waals surface area (Å²) in [5, 5.41) is 18.8. The summed E-state index contributed by atoms with van der Waals surface area (Å²) in [5.74, 6) is 0. The van der Waals surface area contributed by atoms with Crippen LogP contribution < -0.4 is 0 Å². The van der Waals surface area contributed by atoms with Crippen LogP contribution in [0.15, 0.2) is 0 Å². The van der Waals surface area contributed by atoms with Crippen molar-refractivity contribution in [2.24, 2.45) is 0 Å². The van der Waals surface area contributed by atoms with Crippen molar-refractivity contribution in [3.63, 3.8) is 0 Å². The minimum atomic E-state index is -0.508. The smallest absolute Gasteiger partial charge is 0.0866 e. The molecule has 1 aliphatic rings. The minimum absolute atomic E-state index is 0.441. The Kier molecular flexibility index (Phi) is 4.37.